The minimum atomic E-state index is -0.205. The van der Waals surface area contributed by atoms with E-state index in [4.69, 9.17) is 16.3 Å². The number of aromatic nitrogens is 1. The topological polar surface area (TPSA) is 57.4 Å². The molecule has 2 aliphatic heterocycles. The Labute approximate surface area is 133 Å². The molecule has 2 fully saturated rings. The van der Waals surface area contributed by atoms with E-state index in [-0.39, 0.29) is 11.5 Å². The summed E-state index contributed by atoms with van der Waals surface area (Å²) in [7, 11) is 0. The van der Waals surface area contributed by atoms with Gasteiger partial charge >= 0.3 is 0 Å². The van der Waals surface area contributed by atoms with Crippen LogP contribution in [-0.2, 0) is 4.74 Å². The molecule has 2 aliphatic rings. The van der Waals surface area contributed by atoms with Crippen molar-refractivity contribution in [3.8, 4) is 0 Å². The first kappa shape index (κ1) is 14.1. The molecule has 116 valence electrons. The lowest BCUT2D eigenvalue weighted by Gasteiger charge is -2.39. The standard InChI is InChI=1S/C16H18ClN3O2/c17-12-1-2-13-11(7-12)8-14(19-13)15(21)20-5-6-22-16(10-20)3-4-18-9-16/h1-2,7-8,18-19H,3-6,9-10H2. The summed E-state index contributed by atoms with van der Waals surface area (Å²) in [6.45, 7) is 3.65. The number of H-pyrrole nitrogens is 1. The molecule has 1 atom stereocenters. The summed E-state index contributed by atoms with van der Waals surface area (Å²) in [5.74, 6) is 0.0295. The highest BCUT2D eigenvalue weighted by atomic mass is 35.5. The molecule has 1 aromatic carbocycles. The molecular weight excluding hydrogens is 302 g/mol. The third-order valence-electron chi connectivity index (χ3n) is 4.55. The number of nitrogens with zero attached hydrogens (tertiary/aromatic N) is 1. The lowest BCUT2D eigenvalue weighted by Crippen LogP contribution is -2.54. The zero-order valence-electron chi connectivity index (χ0n) is 12.2. The largest absolute Gasteiger partial charge is 0.370 e. The lowest BCUT2D eigenvalue weighted by atomic mass is 10.0. The van der Waals surface area contributed by atoms with Gasteiger partial charge in [0.2, 0.25) is 0 Å². The monoisotopic (exact) mass is 319 g/mol. The number of carbonyl (C=O) groups excluding carboxylic acids is 1. The van der Waals surface area contributed by atoms with Crippen LogP contribution >= 0.6 is 11.6 Å². The number of nitrogens with one attached hydrogen (secondary N) is 2. The predicted octanol–water partition coefficient (Wildman–Crippen LogP) is 2.03. The number of ether oxygens (including phenoxy) is 1. The normalized spacial score (nSPS) is 25.2. The summed E-state index contributed by atoms with van der Waals surface area (Å²) in [6.07, 6.45) is 0.957. The molecule has 2 saturated heterocycles. The molecule has 0 bridgehead atoms. The first-order valence-electron chi connectivity index (χ1n) is 7.58. The molecule has 2 N–H and O–H groups in total. The van der Waals surface area contributed by atoms with Gasteiger partial charge in [0.05, 0.1) is 18.8 Å². The van der Waals surface area contributed by atoms with E-state index >= 15 is 0 Å². The van der Waals surface area contributed by atoms with Gasteiger partial charge in [-0.1, -0.05) is 11.6 Å². The van der Waals surface area contributed by atoms with Crippen LogP contribution in [-0.4, -0.2) is 54.2 Å². The zero-order chi connectivity index (χ0) is 15.2. The number of hydrogen-bond acceptors (Lipinski definition) is 3. The highest BCUT2D eigenvalue weighted by Gasteiger charge is 2.41. The maximum absolute atomic E-state index is 12.8. The minimum absolute atomic E-state index is 0.0295. The second kappa shape index (κ2) is 5.26. The van der Waals surface area contributed by atoms with Crippen LogP contribution in [0.2, 0.25) is 5.02 Å². The number of fused-ring (bicyclic) bond motifs is 1. The molecule has 1 unspecified atom stereocenters. The molecule has 0 aliphatic carbocycles. The highest BCUT2D eigenvalue weighted by molar-refractivity contribution is 6.31. The molecule has 0 radical (unpaired) electrons. The smallest absolute Gasteiger partial charge is 0.270 e. The first-order chi connectivity index (χ1) is 10.7. The van der Waals surface area contributed by atoms with Crippen molar-refractivity contribution in [2.45, 2.75) is 12.0 Å². The van der Waals surface area contributed by atoms with Gasteiger partial charge in [-0.05, 0) is 37.2 Å². The summed E-state index contributed by atoms with van der Waals surface area (Å²) in [5.41, 5.74) is 1.34. The molecule has 6 heteroatoms. The Bertz CT molecular complexity index is 721. The number of hydrogen-bond donors (Lipinski definition) is 2. The van der Waals surface area contributed by atoms with Crippen molar-refractivity contribution in [3.05, 3.63) is 35.0 Å². The van der Waals surface area contributed by atoms with Gasteiger partial charge in [0.25, 0.3) is 5.91 Å². The predicted molar refractivity (Wildman–Crippen MR) is 85.4 cm³/mol. The fourth-order valence-corrected chi connectivity index (χ4v) is 3.57. The lowest BCUT2D eigenvalue weighted by molar-refractivity contribution is -0.0867. The van der Waals surface area contributed by atoms with Crippen LogP contribution in [0.1, 0.15) is 16.9 Å². The summed E-state index contributed by atoms with van der Waals surface area (Å²) >= 11 is 6.01. The van der Waals surface area contributed by atoms with Gasteiger partial charge in [-0.25, -0.2) is 0 Å². The van der Waals surface area contributed by atoms with Crippen molar-refractivity contribution in [1.29, 1.82) is 0 Å². The van der Waals surface area contributed by atoms with E-state index in [0.717, 1.165) is 30.4 Å². The van der Waals surface area contributed by atoms with Crippen molar-refractivity contribution >= 4 is 28.4 Å². The maximum atomic E-state index is 12.8. The molecule has 0 saturated carbocycles. The average Bonchev–Trinajstić information content (AvgIpc) is 3.13. The van der Waals surface area contributed by atoms with Crippen LogP contribution in [0.4, 0.5) is 0 Å². The van der Waals surface area contributed by atoms with Gasteiger partial charge in [-0.3, -0.25) is 4.79 Å². The van der Waals surface area contributed by atoms with Gasteiger partial charge < -0.3 is 19.9 Å². The number of aromatic amines is 1. The first-order valence-corrected chi connectivity index (χ1v) is 7.95. The number of carbonyl (C=O) groups is 1. The number of amides is 1. The van der Waals surface area contributed by atoms with E-state index in [1.54, 1.807) is 0 Å². The Morgan fingerprint density at radius 3 is 3.09 bits per heavy atom. The number of halogens is 1. The van der Waals surface area contributed by atoms with Crippen LogP contribution in [0.15, 0.2) is 24.3 Å². The van der Waals surface area contributed by atoms with Crippen molar-refractivity contribution in [1.82, 2.24) is 15.2 Å². The van der Waals surface area contributed by atoms with Crippen LogP contribution in [0.5, 0.6) is 0 Å². The van der Waals surface area contributed by atoms with Crippen molar-refractivity contribution in [3.63, 3.8) is 0 Å². The Balaban J connectivity index is 1.59. The zero-order valence-corrected chi connectivity index (χ0v) is 12.9. The van der Waals surface area contributed by atoms with Crippen LogP contribution in [0.3, 0.4) is 0 Å². The van der Waals surface area contributed by atoms with E-state index in [1.807, 2.05) is 29.2 Å². The second-order valence-corrected chi connectivity index (χ2v) is 6.54. The molecule has 1 aromatic heterocycles. The molecule has 1 amide bonds. The minimum Gasteiger partial charge on any atom is -0.370 e. The van der Waals surface area contributed by atoms with Gasteiger partial charge in [0.15, 0.2) is 0 Å². The molecule has 5 nitrogen and oxygen atoms in total. The third kappa shape index (κ3) is 2.39. The van der Waals surface area contributed by atoms with E-state index in [0.29, 0.717) is 30.4 Å². The fraction of sp³-hybridized carbons (Fsp3) is 0.438. The van der Waals surface area contributed by atoms with Crippen molar-refractivity contribution in [2.24, 2.45) is 0 Å². The number of morpholine rings is 1. The maximum Gasteiger partial charge on any atom is 0.270 e. The van der Waals surface area contributed by atoms with Crippen LogP contribution in [0, 0.1) is 0 Å². The number of benzene rings is 1. The molecule has 2 aromatic rings. The van der Waals surface area contributed by atoms with Gasteiger partial charge in [0.1, 0.15) is 5.69 Å². The van der Waals surface area contributed by atoms with Crippen molar-refractivity contribution < 1.29 is 9.53 Å². The van der Waals surface area contributed by atoms with Crippen molar-refractivity contribution in [2.75, 3.05) is 32.8 Å². The summed E-state index contributed by atoms with van der Waals surface area (Å²) < 4.78 is 5.93. The Morgan fingerprint density at radius 2 is 2.27 bits per heavy atom. The van der Waals surface area contributed by atoms with E-state index in [9.17, 15) is 4.79 Å². The summed E-state index contributed by atoms with van der Waals surface area (Å²) in [5, 5.41) is 4.96. The molecule has 1 spiro atoms. The Kier molecular flexibility index (Phi) is 3.36. The second-order valence-electron chi connectivity index (χ2n) is 6.10. The Morgan fingerprint density at radius 1 is 1.36 bits per heavy atom. The molecular formula is C16H18ClN3O2. The number of rotatable bonds is 1. The van der Waals surface area contributed by atoms with Crippen LogP contribution < -0.4 is 5.32 Å². The average molecular weight is 320 g/mol. The van der Waals surface area contributed by atoms with Gasteiger partial charge in [-0.2, -0.15) is 0 Å². The fourth-order valence-electron chi connectivity index (χ4n) is 3.39. The molecule has 22 heavy (non-hydrogen) atoms. The quantitative estimate of drug-likeness (QED) is 0.845. The summed E-state index contributed by atoms with van der Waals surface area (Å²) in [6, 6.07) is 7.46. The molecule has 3 heterocycles. The Hall–Kier alpha value is -1.56. The SMILES string of the molecule is O=C(c1cc2cc(Cl)ccc2[nH]1)N1CCOC2(CCNC2)C1. The van der Waals surface area contributed by atoms with E-state index < -0.39 is 0 Å². The van der Waals surface area contributed by atoms with E-state index in [2.05, 4.69) is 10.3 Å². The van der Waals surface area contributed by atoms with E-state index in [1.165, 1.54) is 0 Å². The summed E-state index contributed by atoms with van der Waals surface area (Å²) in [4.78, 5) is 17.9. The van der Waals surface area contributed by atoms with Gasteiger partial charge in [-0.15, -0.1) is 0 Å². The molecule has 4 rings (SSSR count). The van der Waals surface area contributed by atoms with Gasteiger partial charge in [0, 0.05) is 29.0 Å². The third-order valence-corrected chi connectivity index (χ3v) is 4.79. The highest BCUT2D eigenvalue weighted by Crippen LogP contribution is 2.26. The van der Waals surface area contributed by atoms with Crippen LogP contribution in [0.25, 0.3) is 10.9 Å².